The SMILES string of the molecule is COc1cccc(N2C(=O)C[C@@H]([NH+]3CCN(c4ccccc4)CC3)C2=O)c1. The number of amides is 2. The lowest BCUT2D eigenvalue weighted by atomic mass is 10.1. The van der Waals surface area contributed by atoms with Crippen molar-refractivity contribution < 1.29 is 19.2 Å². The van der Waals surface area contributed by atoms with Crippen LogP contribution in [-0.2, 0) is 9.59 Å². The highest BCUT2D eigenvalue weighted by atomic mass is 16.5. The number of hydrogen-bond acceptors (Lipinski definition) is 4. The fourth-order valence-corrected chi connectivity index (χ4v) is 4.01. The van der Waals surface area contributed by atoms with E-state index in [4.69, 9.17) is 4.74 Å². The fourth-order valence-electron chi connectivity index (χ4n) is 4.01. The van der Waals surface area contributed by atoms with Crippen LogP contribution in [0.25, 0.3) is 0 Å². The summed E-state index contributed by atoms with van der Waals surface area (Å²) in [6.45, 7) is 3.47. The molecule has 0 aromatic heterocycles. The van der Waals surface area contributed by atoms with E-state index in [1.54, 1.807) is 31.4 Å². The fraction of sp³-hybridized carbons (Fsp3) is 0.333. The molecule has 2 heterocycles. The molecule has 2 saturated heterocycles. The lowest BCUT2D eigenvalue weighted by Crippen LogP contribution is -3.19. The van der Waals surface area contributed by atoms with Gasteiger partial charge in [0, 0.05) is 11.8 Å². The van der Waals surface area contributed by atoms with E-state index in [2.05, 4.69) is 17.0 Å². The Bertz CT molecular complexity index is 832. The molecule has 1 atom stereocenters. The molecule has 0 unspecified atom stereocenters. The molecule has 140 valence electrons. The van der Waals surface area contributed by atoms with Gasteiger partial charge in [-0.25, -0.2) is 4.90 Å². The molecule has 2 aromatic rings. The van der Waals surface area contributed by atoms with Gasteiger partial charge in [0.25, 0.3) is 5.91 Å². The van der Waals surface area contributed by atoms with E-state index < -0.39 is 0 Å². The summed E-state index contributed by atoms with van der Waals surface area (Å²) in [6, 6.07) is 17.2. The summed E-state index contributed by atoms with van der Waals surface area (Å²) < 4.78 is 5.22. The van der Waals surface area contributed by atoms with Crippen LogP contribution in [0.2, 0.25) is 0 Å². The van der Waals surface area contributed by atoms with Gasteiger partial charge < -0.3 is 14.5 Å². The van der Waals surface area contributed by atoms with Crippen molar-refractivity contribution >= 4 is 23.2 Å². The first-order valence-corrected chi connectivity index (χ1v) is 9.33. The van der Waals surface area contributed by atoms with Crippen molar-refractivity contribution in [3.63, 3.8) is 0 Å². The summed E-state index contributed by atoms with van der Waals surface area (Å²) in [6.07, 6.45) is 0.275. The zero-order valence-electron chi connectivity index (χ0n) is 15.4. The molecule has 2 aromatic carbocycles. The molecule has 6 nitrogen and oxygen atoms in total. The highest BCUT2D eigenvalue weighted by Gasteiger charge is 2.46. The number of ether oxygens (including phenoxy) is 1. The van der Waals surface area contributed by atoms with Crippen molar-refractivity contribution in [2.45, 2.75) is 12.5 Å². The summed E-state index contributed by atoms with van der Waals surface area (Å²) in [4.78, 5) is 30.4. The van der Waals surface area contributed by atoms with Gasteiger partial charge in [-0.3, -0.25) is 9.59 Å². The van der Waals surface area contributed by atoms with Crippen molar-refractivity contribution in [1.82, 2.24) is 0 Å². The van der Waals surface area contributed by atoms with E-state index in [0.29, 0.717) is 11.4 Å². The molecule has 0 bridgehead atoms. The molecule has 0 saturated carbocycles. The Hall–Kier alpha value is -2.86. The second-order valence-corrected chi connectivity index (χ2v) is 7.01. The number of piperazine rings is 1. The molecule has 4 rings (SSSR count). The van der Waals surface area contributed by atoms with Gasteiger partial charge in [0.15, 0.2) is 6.04 Å². The average molecular weight is 366 g/mol. The normalized spacial score (nSPS) is 21.0. The number of carbonyl (C=O) groups excluding carboxylic acids is 2. The van der Waals surface area contributed by atoms with Crippen LogP contribution >= 0.6 is 0 Å². The number of rotatable bonds is 4. The van der Waals surface area contributed by atoms with Gasteiger partial charge in [0.1, 0.15) is 5.75 Å². The second-order valence-electron chi connectivity index (χ2n) is 7.01. The van der Waals surface area contributed by atoms with Crippen LogP contribution in [0.4, 0.5) is 11.4 Å². The van der Waals surface area contributed by atoms with E-state index in [1.165, 1.54) is 15.5 Å². The Labute approximate surface area is 158 Å². The average Bonchev–Trinajstić information content (AvgIpc) is 3.03. The second kappa shape index (κ2) is 7.40. The minimum atomic E-state index is -0.290. The van der Waals surface area contributed by atoms with Gasteiger partial charge in [-0.2, -0.15) is 0 Å². The maximum Gasteiger partial charge on any atom is 0.292 e. The van der Waals surface area contributed by atoms with Crippen molar-refractivity contribution in [3.05, 3.63) is 54.6 Å². The lowest BCUT2D eigenvalue weighted by Gasteiger charge is -2.35. The van der Waals surface area contributed by atoms with Gasteiger partial charge in [-0.1, -0.05) is 24.3 Å². The standard InChI is InChI=1S/C21H23N3O3/c1-27-18-9-5-8-17(14-18)24-20(25)15-19(21(24)26)23-12-10-22(11-13-23)16-6-3-2-4-7-16/h2-9,14,19H,10-13,15H2,1H3/p+1/t19-/m1/s1. The Morgan fingerprint density at radius 1 is 0.963 bits per heavy atom. The smallest absolute Gasteiger partial charge is 0.292 e. The third-order valence-corrected chi connectivity index (χ3v) is 5.48. The number of nitrogens with zero attached hydrogens (tertiary/aromatic N) is 2. The Balaban J connectivity index is 1.45. The molecule has 27 heavy (non-hydrogen) atoms. The van der Waals surface area contributed by atoms with Gasteiger partial charge in [0.05, 0.1) is 45.4 Å². The number of anilines is 2. The van der Waals surface area contributed by atoms with E-state index in [1.807, 2.05) is 18.2 Å². The molecule has 1 N–H and O–H groups in total. The summed E-state index contributed by atoms with van der Waals surface area (Å²) in [5.41, 5.74) is 1.80. The molecule has 0 spiro atoms. The van der Waals surface area contributed by atoms with Crippen LogP contribution in [0, 0.1) is 0 Å². The molecule has 0 aliphatic carbocycles. The maximum atomic E-state index is 13.0. The number of imide groups is 1. The summed E-state index contributed by atoms with van der Waals surface area (Å²) >= 11 is 0. The van der Waals surface area contributed by atoms with Crippen LogP contribution in [0.1, 0.15) is 6.42 Å². The summed E-state index contributed by atoms with van der Waals surface area (Å²) in [5.74, 6) is 0.410. The minimum Gasteiger partial charge on any atom is -0.497 e. The van der Waals surface area contributed by atoms with Crippen molar-refractivity contribution in [3.8, 4) is 5.75 Å². The third kappa shape index (κ3) is 3.40. The molecule has 2 fully saturated rings. The molecule has 2 amide bonds. The number of quaternary nitrogens is 1. The Morgan fingerprint density at radius 3 is 2.37 bits per heavy atom. The Morgan fingerprint density at radius 2 is 1.67 bits per heavy atom. The van der Waals surface area contributed by atoms with E-state index in [9.17, 15) is 9.59 Å². The van der Waals surface area contributed by atoms with Crippen molar-refractivity contribution in [2.75, 3.05) is 43.1 Å². The van der Waals surface area contributed by atoms with E-state index >= 15 is 0 Å². The molecular formula is C21H24N3O3+. The molecule has 2 aliphatic heterocycles. The lowest BCUT2D eigenvalue weighted by molar-refractivity contribution is -0.915. The highest BCUT2D eigenvalue weighted by Crippen LogP contribution is 2.26. The zero-order chi connectivity index (χ0) is 18.8. The van der Waals surface area contributed by atoms with Gasteiger partial charge in [-0.15, -0.1) is 0 Å². The van der Waals surface area contributed by atoms with Crippen LogP contribution in [0.15, 0.2) is 54.6 Å². The monoisotopic (exact) mass is 366 g/mol. The number of benzene rings is 2. The largest absolute Gasteiger partial charge is 0.497 e. The van der Waals surface area contributed by atoms with Crippen LogP contribution in [0.5, 0.6) is 5.75 Å². The van der Waals surface area contributed by atoms with Gasteiger partial charge >= 0.3 is 0 Å². The predicted octanol–water partition coefficient (Wildman–Crippen LogP) is 0.732. The quantitative estimate of drug-likeness (QED) is 0.811. The third-order valence-electron chi connectivity index (χ3n) is 5.48. The number of para-hydroxylation sites is 1. The molecule has 2 aliphatic rings. The number of nitrogens with one attached hydrogen (secondary N) is 1. The number of carbonyl (C=O) groups is 2. The maximum absolute atomic E-state index is 13.0. The van der Waals surface area contributed by atoms with E-state index in [0.717, 1.165) is 26.2 Å². The van der Waals surface area contributed by atoms with Crippen LogP contribution in [0.3, 0.4) is 0 Å². The first kappa shape index (κ1) is 17.5. The zero-order valence-corrected chi connectivity index (χ0v) is 15.4. The van der Waals surface area contributed by atoms with Crippen molar-refractivity contribution in [1.29, 1.82) is 0 Å². The molecular weight excluding hydrogens is 342 g/mol. The van der Waals surface area contributed by atoms with Crippen LogP contribution < -0.4 is 19.4 Å². The van der Waals surface area contributed by atoms with Crippen LogP contribution in [-0.4, -0.2) is 51.1 Å². The summed E-state index contributed by atoms with van der Waals surface area (Å²) in [5, 5.41) is 0. The first-order valence-electron chi connectivity index (χ1n) is 9.33. The molecule has 6 heteroatoms. The number of hydrogen-bond donors (Lipinski definition) is 1. The van der Waals surface area contributed by atoms with Crippen molar-refractivity contribution in [2.24, 2.45) is 0 Å². The molecule has 0 radical (unpaired) electrons. The first-order chi connectivity index (χ1) is 13.2. The minimum absolute atomic E-state index is 0.101. The van der Waals surface area contributed by atoms with E-state index in [-0.39, 0.29) is 24.3 Å². The van der Waals surface area contributed by atoms with Gasteiger partial charge in [0.2, 0.25) is 5.91 Å². The topological polar surface area (TPSA) is 54.3 Å². The predicted molar refractivity (Wildman–Crippen MR) is 103 cm³/mol. The highest BCUT2D eigenvalue weighted by molar-refractivity contribution is 6.21. The Kier molecular flexibility index (Phi) is 4.81. The number of methoxy groups -OCH3 is 1. The summed E-state index contributed by atoms with van der Waals surface area (Å²) in [7, 11) is 1.58. The van der Waals surface area contributed by atoms with Gasteiger partial charge in [-0.05, 0) is 24.3 Å².